The minimum absolute atomic E-state index is 0.784. The van der Waals surface area contributed by atoms with Crippen LogP contribution in [0.4, 0.5) is 17.2 Å². The monoisotopic (exact) mass is 365 g/mol. The number of aromatic nitrogens is 1. The quantitative estimate of drug-likeness (QED) is 0.850. The molecule has 1 aromatic heterocycles. The van der Waals surface area contributed by atoms with Crippen LogP contribution >= 0.6 is 0 Å². The standard InChI is InChI=1S/C21H27N5O/c1-25(2)15-18-12-16-6-7-22-14-20(16)21(24-18)23-17-4-3-5-19(13-17)26-8-10-27-11-9-26/h3-7,12-13,22H,8-11,14-15H2,1-2H3,(H,23,24). The maximum Gasteiger partial charge on any atom is 0.136 e. The normalized spacial score (nSPS) is 16.2. The largest absolute Gasteiger partial charge is 0.387 e. The van der Waals surface area contributed by atoms with E-state index in [4.69, 9.17) is 9.72 Å². The highest BCUT2D eigenvalue weighted by Crippen LogP contribution is 2.28. The van der Waals surface area contributed by atoms with Crippen molar-refractivity contribution >= 4 is 23.3 Å². The maximum atomic E-state index is 5.47. The van der Waals surface area contributed by atoms with Crippen LogP contribution in [0.2, 0.25) is 0 Å². The summed E-state index contributed by atoms with van der Waals surface area (Å²) in [5.74, 6) is 0.931. The van der Waals surface area contributed by atoms with Gasteiger partial charge in [0.15, 0.2) is 0 Å². The van der Waals surface area contributed by atoms with Crippen molar-refractivity contribution in [3.63, 3.8) is 0 Å². The molecule has 142 valence electrons. The highest BCUT2D eigenvalue weighted by atomic mass is 16.5. The Balaban J connectivity index is 1.62. The van der Waals surface area contributed by atoms with Crippen LogP contribution in [0.15, 0.2) is 36.5 Å². The van der Waals surface area contributed by atoms with Gasteiger partial charge in [-0.1, -0.05) is 6.07 Å². The number of hydrogen-bond acceptors (Lipinski definition) is 6. The average molecular weight is 365 g/mol. The summed E-state index contributed by atoms with van der Waals surface area (Å²) in [7, 11) is 4.13. The Morgan fingerprint density at radius 3 is 2.89 bits per heavy atom. The number of benzene rings is 1. The highest BCUT2D eigenvalue weighted by Gasteiger charge is 2.15. The first-order valence-corrected chi connectivity index (χ1v) is 9.46. The predicted molar refractivity (Wildman–Crippen MR) is 110 cm³/mol. The number of fused-ring (bicyclic) bond motifs is 1. The lowest BCUT2D eigenvalue weighted by Crippen LogP contribution is -2.36. The van der Waals surface area contributed by atoms with Gasteiger partial charge in [-0.3, -0.25) is 0 Å². The van der Waals surface area contributed by atoms with Crippen molar-refractivity contribution in [3.05, 3.63) is 53.4 Å². The number of pyridine rings is 1. The van der Waals surface area contributed by atoms with Crippen molar-refractivity contribution in [1.82, 2.24) is 15.2 Å². The second kappa shape index (κ2) is 7.98. The lowest BCUT2D eigenvalue weighted by molar-refractivity contribution is 0.122. The Morgan fingerprint density at radius 2 is 2.07 bits per heavy atom. The molecule has 1 saturated heterocycles. The van der Waals surface area contributed by atoms with E-state index < -0.39 is 0 Å². The van der Waals surface area contributed by atoms with Crippen LogP contribution in [0, 0.1) is 0 Å². The second-order valence-corrected chi connectivity index (χ2v) is 7.26. The van der Waals surface area contributed by atoms with Crippen LogP contribution in [0.25, 0.3) is 6.08 Å². The summed E-state index contributed by atoms with van der Waals surface area (Å²) in [6, 6.07) is 10.7. The molecular formula is C21H27N5O. The lowest BCUT2D eigenvalue weighted by atomic mass is 10.0. The van der Waals surface area contributed by atoms with Crippen LogP contribution < -0.4 is 15.5 Å². The van der Waals surface area contributed by atoms with E-state index >= 15 is 0 Å². The molecule has 1 aromatic carbocycles. The molecule has 0 atom stereocenters. The lowest BCUT2D eigenvalue weighted by Gasteiger charge is -2.29. The van der Waals surface area contributed by atoms with Crippen LogP contribution in [0.3, 0.4) is 0 Å². The molecule has 0 aliphatic carbocycles. The molecule has 0 unspecified atom stereocenters. The third-order valence-corrected chi connectivity index (χ3v) is 4.83. The first kappa shape index (κ1) is 17.8. The molecule has 6 heteroatoms. The number of anilines is 3. The van der Waals surface area contributed by atoms with Crippen LogP contribution in [0.1, 0.15) is 16.8 Å². The molecule has 27 heavy (non-hydrogen) atoms. The summed E-state index contributed by atoms with van der Waals surface area (Å²) in [6.07, 6.45) is 4.12. The molecule has 0 amide bonds. The number of morpholine rings is 1. The minimum atomic E-state index is 0.784. The summed E-state index contributed by atoms with van der Waals surface area (Å²) in [6.45, 7) is 5.05. The molecule has 0 radical (unpaired) electrons. The third kappa shape index (κ3) is 4.23. The van der Waals surface area contributed by atoms with Gasteiger partial charge in [0, 0.05) is 43.1 Å². The Kier molecular flexibility index (Phi) is 5.27. The molecule has 6 nitrogen and oxygen atoms in total. The summed E-state index contributed by atoms with van der Waals surface area (Å²) in [4.78, 5) is 9.41. The fourth-order valence-electron chi connectivity index (χ4n) is 3.54. The van der Waals surface area contributed by atoms with Crippen LogP contribution in [-0.4, -0.2) is 50.3 Å². The second-order valence-electron chi connectivity index (χ2n) is 7.26. The van der Waals surface area contributed by atoms with Gasteiger partial charge in [-0.15, -0.1) is 0 Å². The van der Waals surface area contributed by atoms with E-state index in [1.54, 1.807) is 0 Å². The van der Waals surface area contributed by atoms with Crippen molar-refractivity contribution in [1.29, 1.82) is 0 Å². The van der Waals surface area contributed by atoms with Crippen LogP contribution in [0.5, 0.6) is 0 Å². The van der Waals surface area contributed by atoms with E-state index in [1.807, 2.05) is 6.20 Å². The SMILES string of the molecule is CN(C)Cc1cc2c(c(Nc3cccc(N4CCOCC4)c3)n1)CNC=C2. The van der Waals surface area contributed by atoms with Gasteiger partial charge >= 0.3 is 0 Å². The zero-order chi connectivity index (χ0) is 18.6. The van der Waals surface area contributed by atoms with Crippen molar-refractivity contribution in [2.75, 3.05) is 50.6 Å². The molecule has 2 aliphatic heterocycles. The van der Waals surface area contributed by atoms with E-state index in [2.05, 4.69) is 70.9 Å². The van der Waals surface area contributed by atoms with E-state index in [9.17, 15) is 0 Å². The topological polar surface area (TPSA) is 52.7 Å². The summed E-state index contributed by atoms with van der Waals surface area (Å²) in [5, 5.41) is 6.86. The molecule has 0 spiro atoms. The summed E-state index contributed by atoms with van der Waals surface area (Å²) >= 11 is 0. The number of hydrogen-bond donors (Lipinski definition) is 2. The zero-order valence-electron chi connectivity index (χ0n) is 16.0. The molecule has 3 heterocycles. The third-order valence-electron chi connectivity index (χ3n) is 4.83. The number of ether oxygens (including phenoxy) is 1. The molecule has 4 rings (SSSR count). The van der Waals surface area contributed by atoms with Crippen molar-refractivity contribution in [2.45, 2.75) is 13.1 Å². The van der Waals surface area contributed by atoms with Gasteiger partial charge in [0.2, 0.25) is 0 Å². The average Bonchev–Trinajstić information content (AvgIpc) is 2.68. The first-order valence-electron chi connectivity index (χ1n) is 9.46. The van der Waals surface area contributed by atoms with Crippen molar-refractivity contribution < 1.29 is 4.74 Å². The highest BCUT2D eigenvalue weighted by molar-refractivity contribution is 5.70. The summed E-state index contributed by atoms with van der Waals surface area (Å²) < 4.78 is 5.47. The Bertz CT molecular complexity index is 827. The smallest absolute Gasteiger partial charge is 0.136 e. The van der Waals surface area contributed by atoms with Gasteiger partial charge in [-0.2, -0.15) is 0 Å². The first-order chi connectivity index (χ1) is 13.2. The van der Waals surface area contributed by atoms with Gasteiger partial charge in [-0.05, 0) is 56.2 Å². The summed E-state index contributed by atoms with van der Waals surface area (Å²) in [5.41, 5.74) is 5.78. The Morgan fingerprint density at radius 1 is 1.22 bits per heavy atom. The molecule has 2 aliphatic rings. The van der Waals surface area contributed by atoms with E-state index in [1.165, 1.54) is 16.8 Å². The van der Waals surface area contributed by atoms with E-state index in [0.717, 1.165) is 56.6 Å². The van der Waals surface area contributed by atoms with Gasteiger partial charge in [0.1, 0.15) is 5.82 Å². The van der Waals surface area contributed by atoms with Gasteiger partial charge in [0.05, 0.1) is 18.9 Å². The van der Waals surface area contributed by atoms with Gasteiger partial charge in [-0.25, -0.2) is 4.98 Å². The van der Waals surface area contributed by atoms with E-state index in [-0.39, 0.29) is 0 Å². The van der Waals surface area contributed by atoms with Gasteiger partial charge < -0.3 is 25.2 Å². The number of nitrogens with one attached hydrogen (secondary N) is 2. The predicted octanol–water partition coefficient (Wildman–Crippen LogP) is 2.80. The van der Waals surface area contributed by atoms with Crippen molar-refractivity contribution in [3.8, 4) is 0 Å². The van der Waals surface area contributed by atoms with Gasteiger partial charge in [0.25, 0.3) is 0 Å². The molecule has 0 saturated carbocycles. The number of rotatable bonds is 5. The van der Waals surface area contributed by atoms with Crippen molar-refractivity contribution in [2.24, 2.45) is 0 Å². The molecule has 0 bridgehead atoms. The van der Waals surface area contributed by atoms with E-state index in [0.29, 0.717) is 0 Å². The molecule has 2 N–H and O–H groups in total. The minimum Gasteiger partial charge on any atom is -0.387 e. The Hall–Kier alpha value is -2.57. The molecule has 1 fully saturated rings. The Labute approximate surface area is 160 Å². The fraction of sp³-hybridized carbons (Fsp3) is 0.381. The fourth-order valence-corrected chi connectivity index (χ4v) is 3.54. The molecular weight excluding hydrogens is 338 g/mol. The van der Waals surface area contributed by atoms with Crippen LogP contribution in [-0.2, 0) is 17.8 Å². The number of nitrogens with zero attached hydrogens (tertiary/aromatic N) is 3. The zero-order valence-corrected chi connectivity index (χ0v) is 16.0. The maximum absolute atomic E-state index is 5.47. The molecule has 2 aromatic rings.